The predicted molar refractivity (Wildman–Crippen MR) is 91.0 cm³/mol. The number of nitrogens with one attached hydrogen (secondary N) is 1. The van der Waals surface area contributed by atoms with E-state index in [1.165, 1.54) is 10.4 Å². The van der Waals surface area contributed by atoms with E-state index >= 15 is 0 Å². The maximum Gasteiger partial charge on any atom is 0.263 e. The highest BCUT2D eigenvalue weighted by Crippen LogP contribution is 2.21. The number of amides is 1. The SMILES string of the molecule is CC1=CCC(C=NNC(=O)Cn2nnc(-c3ccccc3)n2)CC1. The van der Waals surface area contributed by atoms with E-state index in [0.29, 0.717) is 11.7 Å². The molecule has 0 fully saturated rings. The summed E-state index contributed by atoms with van der Waals surface area (Å²) in [4.78, 5) is 13.2. The molecule has 1 amide bonds. The summed E-state index contributed by atoms with van der Waals surface area (Å²) < 4.78 is 0. The van der Waals surface area contributed by atoms with Crippen LogP contribution in [0.5, 0.6) is 0 Å². The zero-order valence-corrected chi connectivity index (χ0v) is 13.6. The van der Waals surface area contributed by atoms with Crippen LogP contribution in [-0.4, -0.2) is 32.3 Å². The second-order valence-corrected chi connectivity index (χ2v) is 5.91. The molecule has 1 aromatic heterocycles. The van der Waals surface area contributed by atoms with Crippen LogP contribution in [0.4, 0.5) is 0 Å². The molecule has 1 unspecified atom stereocenters. The topological polar surface area (TPSA) is 85.1 Å². The summed E-state index contributed by atoms with van der Waals surface area (Å²) in [6.07, 6.45) is 7.19. The Morgan fingerprint density at radius 2 is 2.25 bits per heavy atom. The average molecular weight is 324 g/mol. The van der Waals surface area contributed by atoms with E-state index in [0.717, 1.165) is 24.8 Å². The fraction of sp³-hybridized carbons (Fsp3) is 0.353. The van der Waals surface area contributed by atoms with E-state index in [4.69, 9.17) is 0 Å². The molecule has 1 heterocycles. The van der Waals surface area contributed by atoms with Gasteiger partial charge in [0.25, 0.3) is 5.91 Å². The Morgan fingerprint density at radius 3 is 3.00 bits per heavy atom. The molecule has 1 atom stereocenters. The summed E-state index contributed by atoms with van der Waals surface area (Å²) >= 11 is 0. The maximum absolute atomic E-state index is 11.9. The zero-order chi connectivity index (χ0) is 16.8. The van der Waals surface area contributed by atoms with Crippen LogP contribution in [0.25, 0.3) is 11.4 Å². The number of carbonyl (C=O) groups excluding carboxylic acids is 1. The van der Waals surface area contributed by atoms with Gasteiger partial charge in [-0.05, 0) is 37.3 Å². The molecule has 7 heteroatoms. The van der Waals surface area contributed by atoms with Gasteiger partial charge < -0.3 is 0 Å². The van der Waals surface area contributed by atoms with Crippen molar-refractivity contribution < 1.29 is 4.79 Å². The molecule has 24 heavy (non-hydrogen) atoms. The predicted octanol–water partition coefficient (Wildman–Crippen LogP) is 2.19. The first-order chi connectivity index (χ1) is 11.7. The minimum atomic E-state index is -0.272. The Morgan fingerprint density at radius 1 is 1.42 bits per heavy atom. The maximum atomic E-state index is 11.9. The van der Waals surface area contributed by atoms with E-state index in [-0.39, 0.29) is 12.5 Å². The lowest BCUT2D eigenvalue weighted by atomic mass is 9.91. The monoisotopic (exact) mass is 324 g/mol. The average Bonchev–Trinajstić information content (AvgIpc) is 3.06. The van der Waals surface area contributed by atoms with Crippen LogP contribution in [0.1, 0.15) is 26.2 Å². The summed E-state index contributed by atoms with van der Waals surface area (Å²) in [5.41, 5.74) is 4.81. The van der Waals surface area contributed by atoms with Crippen LogP contribution >= 0.6 is 0 Å². The quantitative estimate of drug-likeness (QED) is 0.519. The van der Waals surface area contributed by atoms with E-state index in [2.05, 4.69) is 38.9 Å². The second-order valence-electron chi connectivity index (χ2n) is 5.91. The van der Waals surface area contributed by atoms with Crippen molar-refractivity contribution in [3.8, 4) is 11.4 Å². The van der Waals surface area contributed by atoms with Gasteiger partial charge in [0.15, 0.2) is 0 Å². The first kappa shape index (κ1) is 16.0. The van der Waals surface area contributed by atoms with Crippen molar-refractivity contribution in [3.63, 3.8) is 0 Å². The van der Waals surface area contributed by atoms with Crippen LogP contribution in [0.3, 0.4) is 0 Å². The molecule has 1 aliphatic carbocycles. The minimum absolute atomic E-state index is 0.0130. The van der Waals surface area contributed by atoms with Crippen molar-refractivity contribution in [1.29, 1.82) is 0 Å². The van der Waals surface area contributed by atoms with Crippen LogP contribution in [0, 0.1) is 5.92 Å². The molecule has 1 aromatic carbocycles. The highest BCUT2D eigenvalue weighted by atomic mass is 16.2. The summed E-state index contributed by atoms with van der Waals surface area (Å²) in [6.45, 7) is 2.13. The van der Waals surface area contributed by atoms with Gasteiger partial charge in [-0.2, -0.15) is 9.90 Å². The van der Waals surface area contributed by atoms with Gasteiger partial charge >= 0.3 is 0 Å². The van der Waals surface area contributed by atoms with Crippen molar-refractivity contribution in [2.24, 2.45) is 11.0 Å². The number of allylic oxidation sites excluding steroid dienone is 2. The first-order valence-corrected chi connectivity index (χ1v) is 8.01. The number of tetrazole rings is 1. The fourth-order valence-corrected chi connectivity index (χ4v) is 2.51. The molecule has 3 rings (SSSR count). The molecule has 0 saturated heterocycles. The van der Waals surface area contributed by atoms with E-state index in [1.807, 2.05) is 36.5 Å². The molecule has 2 aromatic rings. The van der Waals surface area contributed by atoms with Crippen LogP contribution in [0.15, 0.2) is 47.1 Å². The third kappa shape index (κ3) is 4.34. The molecule has 1 N–H and O–H groups in total. The van der Waals surface area contributed by atoms with Gasteiger partial charge in [0.2, 0.25) is 5.82 Å². The third-order valence-electron chi connectivity index (χ3n) is 3.92. The molecule has 0 aliphatic heterocycles. The molecular formula is C17H20N6O. The minimum Gasteiger partial charge on any atom is -0.271 e. The summed E-state index contributed by atoms with van der Waals surface area (Å²) in [6, 6.07) is 9.51. The lowest BCUT2D eigenvalue weighted by Crippen LogP contribution is -2.25. The van der Waals surface area contributed by atoms with Gasteiger partial charge in [-0.3, -0.25) is 4.79 Å². The Labute approximate surface area is 140 Å². The van der Waals surface area contributed by atoms with Gasteiger partial charge in [0.1, 0.15) is 6.54 Å². The van der Waals surface area contributed by atoms with Gasteiger partial charge in [-0.1, -0.05) is 42.0 Å². The fourth-order valence-electron chi connectivity index (χ4n) is 2.51. The first-order valence-electron chi connectivity index (χ1n) is 8.01. The normalized spacial score (nSPS) is 17.7. The van der Waals surface area contributed by atoms with E-state index < -0.39 is 0 Å². The highest BCUT2D eigenvalue weighted by Gasteiger charge is 2.11. The molecular weight excluding hydrogens is 304 g/mol. The van der Waals surface area contributed by atoms with Gasteiger partial charge in [-0.25, -0.2) is 5.43 Å². The molecule has 0 radical (unpaired) electrons. The summed E-state index contributed by atoms with van der Waals surface area (Å²) in [5, 5.41) is 16.1. The largest absolute Gasteiger partial charge is 0.271 e. The van der Waals surface area contributed by atoms with Crippen molar-refractivity contribution in [2.75, 3.05) is 0 Å². The lowest BCUT2D eigenvalue weighted by Gasteiger charge is -2.15. The number of benzene rings is 1. The smallest absolute Gasteiger partial charge is 0.263 e. The lowest BCUT2D eigenvalue weighted by molar-refractivity contribution is -0.122. The number of aromatic nitrogens is 4. The number of hydrogen-bond donors (Lipinski definition) is 1. The van der Waals surface area contributed by atoms with Crippen LogP contribution in [-0.2, 0) is 11.3 Å². The molecule has 0 saturated carbocycles. The second kappa shape index (κ2) is 7.63. The number of hydrazone groups is 1. The number of carbonyl (C=O) groups is 1. The number of hydrogen-bond acceptors (Lipinski definition) is 5. The van der Waals surface area contributed by atoms with Gasteiger partial charge in [-0.15, -0.1) is 10.2 Å². The summed E-state index contributed by atoms with van der Waals surface area (Å²) in [5.74, 6) is 0.616. The molecule has 124 valence electrons. The van der Waals surface area contributed by atoms with Crippen molar-refractivity contribution >= 4 is 12.1 Å². The zero-order valence-electron chi connectivity index (χ0n) is 13.6. The van der Waals surface area contributed by atoms with E-state index in [9.17, 15) is 4.79 Å². The van der Waals surface area contributed by atoms with Gasteiger partial charge in [0, 0.05) is 11.8 Å². The third-order valence-corrected chi connectivity index (χ3v) is 3.92. The molecule has 0 bridgehead atoms. The Hall–Kier alpha value is -2.83. The standard InChI is InChI=1S/C17H20N6O/c1-13-7-9-14(10-8-13)11-18-19-16(24)12-23-21-17(20-22-23)15-5-3-2-4-6-15/h2-7,11,14H,8-10,12H2,1H3,(H,19,24). The molecule has 7 nitrogen and oxygen atoms in total. The Bertz CT molecular complexity index is 749. The van der Waals surface area contributed by atoms with Gasteiger partial charge in [0.05, 0.1) is 0 Å². The van der Waals surface area contributed by atoms with Crippen molar-refractivity contribution in [2.45, 2.75) is 32.7 Å². The number of rotatable bonds is 5. The van der Waals surface area contributed by atoms with Crippen LogP contribution in [0.2, 0.25) is 0 Å². The van der Waals surface area contributed by atoms with Crippen molar-refractivity contribution in [1.82, 2.24) is 25.6 Å². The molecule has 1 aliphatic rings. The Kier molecular flexibility index (Phi) is 5.10. The molecule has 0 spiro atoms. The van der Waals surface area contributed by atoms with Crippen LogP contribution < -0.4 is 5.43 Å². The number of nitrogens with zero attached hydrogens (tertiary/aromatic N) is 5. The summed E-state index contributed by atoms with van der Waals surface area (Å²) in [7, 11) is 0. The van der Waals surface area contributed by atoms with Crippen molar-refractivity contribution in [3.05, 3.63) is 42.0 Å². The highest BCUT2D eigenvalue weighted by molar-refractivity contribution is 5.76. The van der Waals surface area contributed by atoms with E-state index in [1.54, 1.807) is 0 Å². The Balaban J connectivity index is 1.50.